The van der Waals surface area contributed by atoms with Gasteiger partial charge in [0, 0.05) is 52.7 Å². The van der Waals surface area contributed by atoms with Gasteiger partial charge in [0.25, 0.3) is 0 Å². The predicted octanol–water partition coefficient (Wildman–Crippen LogP) is 2.54. The van der Waals surface area contributed by atoms with Crippen LogP contribution in [0.3, 0.4) is 0 Å². The smallest absolute Gasteiger partial charge is 0.322 e. The van der Waals surface area contributed by atoms with Crippen LogP contribution in [-0.4, -0.2) is 79.1 Å². The molecular weight excluding hydrogens is 452 g/mol. The maximum absolute atomic E-state index is 13.2. The topological polar surface area (TPSA) is 81.2 Å². The second-order valence-corrected chi connectivity index (χ2v) is 11.4. The maximum atomic E-state index is 13.2. The largest absolute Gasteiger partial charge is 0.327 e. The molecule has 2 aromatic rings. The molecule has 182 valence electrons. The number of sulfonamides is 1. The molecule has 0 saturated carbocycles. The van der Waals surface area contributed by atoms with E-state index in [0.717, 1.165) is 23.8 Å². The number of nitrogens with zero attached hydrogens (tertiary/aromatic N) is 4. The quantitative estimate of drug-likeness (QED) is 0.603. The zero-order valence-corrected chi connectivity index (χ0v) is 20.8. The summed E-state index contributed by atoms with van der Waals surface area (Å²) >= 11 is 0. The summed E-state index contributed by atoms with van der Waals surface area (Å²) < 4.78 is 25.7. The minimum Gasteiger partial charge on any atom is -0.322 e. The number of rotatable bonds is 7. The van der Waals surface area contributed by atoms with Gasteiger partial charge in [0.1, 0.15) is 0 Å². The van der Waals surface area contributed by atoms with E-state index in [1.165, 1.54) is 42.3 Å². The van der Waals surface area contributed by atoms with E-state index in [4.69, 9.17) is 0 Å². The molecule has 0 spiro atoms. The summed E-state index contributed by atoms with van der Waals surface area (Å²) in [6.45, 7) is 5.05. The van der Waals surface area contributed by atoms with Gasteiger partial charge in [0.15, 0.2) is 0 Å². The Balaban J connectivity index is 1.40. The number of benzene rings is 2. The molecular formula is C25H32N4O4S. The molecule has 2 aromatic carbocycles. The standard InChI is InChI=1S/C25H32N4O4S/c1-19(27-14-12-21-6-4-5-7-22(21)18-27)16-28-15-13-24(30)29(25(28)31)17-20-8-10-23(11-9-20)34(32,33)26(2)3/h4-11,19H,12-18H2,1-3H3. The Morgan fingerprint density at radius 1 is 0.941 bits per heavy atom. The number of carbonyl (C=O) groups is 2. The molecule has 8 nitrogen and oxygen atoms in total. The van der Waals surface area contributed by atoms with Gasteiger partial charge in [-0.15, -0.1) is 0 Å². The molecule has 34 heavy (non-hydrogen) atoms. The van der Waals surface area contributed by atoms with Gasteiger partial charge >= 0.3 is 6.03 Å². The summed E-state index contributed by atoms with van der Waals surface area (Å²) in [5.74, 6) is -0.203. The van der Waals surface area contributed by atoms with Gasteiger partial charge in [0.05, 0.1) is 11.4 Å². The molecule has 4 rings (SSSR count). The minimum absolute atomic E-state index is 0.127. The van der Waals surface area contributed by atoms with Crippen molar-refractivity contribution >= 4 is 22.0 Å². The highest BCUT2D eigenvalue weighted by Crippen LogP contribution is 2.22. The first-order valence-corrected chi connectivity index (χ1v) is 13.0. The fraction of sp³-hybridized carbons (Fsp3) is 0.440. The van der Waals surface area contributed by atoms with Crippen LogP contribution >= 0.6 is 0 Å². The molecule has 2 aliphatic heterocycles. The third-order valence-corrected chi connectivity index (χ3v) is 8.54. The lowest BCUT2D eigenvalue weighted by atomic mass is 9.99. The highest BCUT2D eigenvalue weighted by atomic mass is 32.2. The highest BCUT2D eigenvalue weighted by Gasteiger charge is 2.34. The van der Waals surface area contributed by atoms with Crippen LogP contribution < -0.4 is 0 Å². The van der Waals surface area contributed by atoms with Crippen LogP contribution in [0.2, 0.25) is 0 Å². The van der Waals surface area contributed by atoms with E-state index < -0.39 is 10.0 Å². The molecule has 0 aromatic heterocycles. The minimum atomic E-state index is -3.53. The third kappa shape index (κ3) is 5.01. The number of carbonyl (C=O) groups excluding carboxylic acids is 2. The van der Waals surface area contributed by atoms with Gasteiger partial charge < -0.3 is 4.90 Å². The number of hydrogen-bond acceptors (Lipinski definition) is 5. The predicted molar refractivity (Wildman–Crippen MR) is 129 cm³/mol. The van der Waals surface area contributed by atoms with Crippen molar-refractivity contribution in [3.63, 3.8) is 0 Å². The van der Waals surface area contributed by atoms with Crippen molar-refractivity contribution in [1.29, 1.82) is 0 Å². The van der Waals surface area contributed by atoms with E-state index in [0.29, 0.717) is 18.7 Å². The number of urea groups is 1. The zero-order chi connectivity index (χ0) is 24.5. The molecule has 1 saturated heterocycles. The van der Waals surface area contributed by atoms with Crippen LogP contribution in [0, 0.1) is 0 Å². The van der Waals surface area contributed by atoms with Crippen LogP contribution in [0.1, 0.15) is 30.0 Å². The summed E-state index contributed by atoms with van der Waals surface area (Å²) in [5, 5.41) is 0. The van der Waals surface area contributed by atoms with Gasteiger partial charge in [-0.05, 0) is 42.2 Å². The van der Waals surface area contributed by atoms with Crippen molar-refractivity contribution in [2.24, 2.45) is 0 Å². The van der Waals surface area contributed by atoms with E-state index in [1.54, 1.807) is 17.0 Å². The Labute approximate surface area is 201 Å². The third-order valence-electron chi connectivity index (χ3n) is 6.71. The lowest BCUT2D eigenvalue weighted by Crippen LogP contribution is -2.55. The number of imide groups is 1. The molecule has 0 N–H and O–H groups in total. The van der Waals surface area contributed by atoms with Gasteiger partial charge in [-0.1, -0.05) is 36.4 Å². The van der Waals surface area contributed by atoms with Crippen LogP contribution in [0.25, 0.3) is 0 Å². The average molecular weight is 485 g/mol. The molecule has 1 fully saturated rings. The Morgan fingerprint density at radius 2 is 1.62 bits per heavy atom. The van der Waals surface area contributed by atoms with Crippen molar-refractivity contribution in [2.75, 3.05) is 33.7 Å². The van der Waals surface area contributed by atoms with Crippen molar-refractivity contribution in [2.45, 2.75) is 43.8 Å². The van der Waals surface area contributed by atoms with Crippen molar-refractivity contribution in [3.8, 4) is 0 Å². The SMILES string of the molecule is CC(CN1CCC(=O)N(Cc2ccc(S(=O)(=O)N(C)C)cc2)C1=O)N1CCc2ccccc2C1. The van der Waals surface area contributed by atoms with Gasteiger partial charge in [-0.25, -0.2) is 17.5 Å². The van der Waals surface area contributed by atoms with Crippen LogP contribution in [0.15, 0.2) is 53.4 Å². The van der Waals surface area contributed by atoms with Gasteiger partial charge in [-0.2, -0.15) is 0 Å². The first-order valence-electron chi connectivity index (χ1n) is 11.6. The Hall–Kier alpha value is -2.75. The lowest BCUT2D eigenvalue weighted by Gasteiger charge is -2.39. The molecule has 1 atom stereocenters. The summed E-state index contributed by atoms with van der Waals surface area (Å²) in [5.41, 5.74) is 3.44. The second kappa shape index (κ2) is 9.85. The zero-order valence-electron chi connectivity index (χ0n) is 20.0. The van der Waals surface area contributed by atoms with Crippen LogP contribution in [-0.2, 0) is 34.3 Å². The molecule has 9 heteroatoms. The molecule has 2 heterocycles. The fourth-order valence-electron chi connectivity index (χ4n) is 4.55. The Kier molecular flexibility index (Phi) is 7.06. The summed E-state index contributed by atoms with van der Waals surface area (Å²) in [6.07, 6.45) is 1.28. The molecule has 0 bridgehead atoms. The monoisotopic (exact) mass is 484 g/mol. The fourth-order valence-corrected chi connectivity index (χ4v) is 5.45. The summed E-state index contributed by atoms with van der Waals surface area (Å²) in [7, 11) is -0.570. The van der Waals surface area contributed by atoms with E-state index in [2.05, 4.69) is 36.1 Å². The van der Waals surface area contributed by atoms with Crippen molar-refractivity contribution in [3.05, 3.63) is 65.2 Å². The number of amides is 3. The maximum Gasteiger partial charge on any atom is 0.327 e. The van der Waals surface area contributed by atoms with Gasteiger partial charge in [-0.3, -0.25) is 14.6 Å². The number of fused-ring (bicyclic) bond motifs is 1. The molecule has 2 aliphatic rings. The molecule has 0 radical (unpaired) electrons. The summed E-state index contributed by atoms with van der Waals surface area (Å²) in [4.78, 5) is 31.3. The van der Waals surface area contributed by atoms with Gasteiger partial charge in [0.2, 0.25) is 15.9 Å². The van der Waals surface area contributed by atoms with E-state index in [9.17, 15) is 18.0 Å². The van der Waals surface area contributed by atoms with Crippen LogP contribution in [0.4, 0.5) is 4.79 Å². The molecule has 3 amide bonds. The summed E-state index contributed by atoms with van der Waals surface area (Å²) in [6, 6.07) is 14.7. The van der Waals surface area contributed by atoms with Crippen molar-refractivity contribution < 1.29 is 18.0 Å². The normalized spacial score (nSPS) is 18.4. The van der Waals surface area contributed by atoms with Crippen LogP contribution in [0.5, 0.6) is 0 Å². The first-order chi connectivity index (χ1) is 16.2. The van der Waals surface area contributed by atoms with E-state index in [-0.39, 0.29) is 35.8 Å². The van der Waals surface area contributed by atoms with E-state index >= 15 is 0 Å². The molecule has 0 aliphatic carbocycles. The van der Waals surface area contributed by atoms with E-state index in [1.807, 2.05) is 0 Å². The first kappa shape index (κ1) is 24.4. The number of hydrogen-bond donors (Lipinski definition) is 0. The Morgan fingerprint density at radius 3 is 2.29 bits per heavy atom. The molecule has 1 unspecified atom stereocenters. The lowest BCUT2D eigenvalue weighted by molar-refractivity contribution is -0.131. The Bertz CT molecular complexity index is 1160. The second-order valence-electron chi connectivity index (χ2n) is 9.23. The average Bonchev–Trinajstić information content (AvgIpc) is 2.83. The van der Waals surface area contributed by atoms with Crippen molar-refractivity contribution in [1.82, 2.24) is 19.0 Å². The highest BCUT2D eigenvalue weighted by molar-refractivity contribution is 7.89.